The van der Waals surface area contributed by atoms with E-state index in [1.807, 2.05) is 6.07 Å². The fraction of sp³-hybridized carbons (Fsp3) is 0.294. The maximum Gasteiger partial charge on any atom is 0.224 e. The summed E-state index contributed by atoms with van der Waals surface area (Å²) in [5.41, 5.74) is 5.77. The van der Waals surface area contributed by atoms with Crippen LogP contribution in [0.4, 0.5) is 5.69 Å². The molecule has 0 aliphatic carbocycles. The fourth-order valence-corrected chi connectivity index (χ4v) is 3.56. The Morgan fingerprint density at radius 1 is 1.12 bits per heavy atom. The Balaban J connectivity index is 1.70. The Bertz CT molecular complexity index is 685. The van der Waals surface area contributed by atoms with E-state index in [-0.39, 0.29) is 18.9 Å². The molecule has 0 spiro atoms. The van der Waals surface area contributed by atoms with Crippen LogP contribution in [0.15, 0.2) is 40.2 Å². The molecule has 1 aromatic carbocycles. The van der Waals surface area contributed by atoms with Crippen molar-refractivity contribution in [1.29, 1.82) is 0 Å². The molecule has 0 aliphatic heterocycles. The molecule has 5 nitrogen and oxygen atoms in total. The van der Waals surface area contributed by atoms with Crippen LogP contribution in [0.25, 0.3) is 0 Å². The lowest BCUT2D eigenvalue weighted by molar-refractivity contribution is -0.118. The number of hydrogen-bond donors (Lipinski definition) is 2. The van der Waals surface area contributed by atoms with E-state index in [9.17, 15) is 9.59 Å². The molecule has 24 heavy (non-hydrogen) atoms. The first-order valence-electron chi connectivity index (χ1n) is 7.58. The Morgan fingerprint density at radius 3 is 2.50 bits per heavy atom. The van der Waals surface area contributed by atoms with Gasteiger partial charge in [-0.2, -0.15) is 0 Å². The number of carbonyl (C=O) groups excluding carboxylic acids is 2. The first-order valence-corrected chi connectivity index (χ1v) is 9.19. The number of halogens is 1. The molecule has 0 bridgehead atoms. The van der Waals surface area contributed by atoms with Crippen molar-refractivity contribution < 1.29 is 14.3 Å². The molecule has 1 aromatic heterocycles. The molecule has 0 radical (unpaired) electrons. The number of hydrogen-bond acceptors (Lipinski definition) is 4. The highest BCUT2D eigenvalue weighted by molar-refractivity contribution is 9.11. The number of ether oxygens (including phenoxy) is 1. The predicted octanol–water partition coefficient (Wildman–Crippen LogP) is 3.73. The molecule has 0 fully saturated rings. The van der Waals surface area contributed by atoms with E-state index in [0.29, 0.717) is 12.2 Å². The van der Waals surface area contributed by atoms with Crippen LogP contribution in [0.5, 0.6) is 5.75 Å². The molecular formula is C17H19BrN2O3S. The average Bonchev–Trinajstić information content (AvgIpc) is 2.94. The van der Waals surface area contributed by atoms with Gasteiger partial charge in [0.25, 0.3) is 0 Å². The minimum atomic E-state index is -0.395. The van der Waals surface area contributed by atoms with Gasteiger partial charge in [-0.3, -0.25) is 9.59 Å². The van der Waals surface area contributed by atoms with E-state index in [1.54, 1.807) is 35.6 Å². The van der Waals surface area contributed by atoms with Crippen molar-refractivity contribution >= 4 is 44.8 Å². The van der Waals surface area contributed by atoms with Gasteiger partial charge in [0.2, 0.25) is 11.8 Å². The van der Waals surface area contributed by atoms with Crippen LogP contribution in [-0.2, 0) is 16.0 Å². The van der Waals surface area contributed by atoms with Crippen molar-refractivity contribution in [3.63, 3.8) is 0 Å². The molecule has 0 saturated carbocycles. The summed E-state index contributed by atoms with van der Waals surface area (Å²) < 4.78 is 6.49. The summed E-state index contributed by atoms with van der Waals surface area (Å²) in [5.74, 6) is 0.235. The average molecular weight is 411 g/mol. The summed E-state index contributed by atoms with van der Waals surface area (Å²) in [6, 6.07) is 11.1. The van der Waals surface area contributed by atoms with Crippen LogP contribution < -0.4 is 15.8 Å². The molecule has 2 rings (SSSR count). The molecule has 128 valence electrons. The van der Waals surface area contributed by atoms with Gasteiger partial charge in [-0.25, -0.2) is 0 Å². The number of benzene rings is 1. The second kappa shape index (κ2) is 9.44. The van der Waals surface area contributed by atoms with Gasteiger partial charge in [-0.1, -0.05) is 0 Å². The second-order valence-corrected chi connectivity index (χ2v) is 7.74. The highest BCUT2D eigenvalue weighted by Gasteiger charge is 2.05. The zero-order valence-corrected chi connectivity index (χ0v) is 15.5. The maximum atomic E-state index is 11.9. The largest absolute Gasteiger partial charge is 0.493 e. The van der Waals surface area contributed by atoms with Crippen molar-refractivity contribution in [2.24, 2.45) is 5.73 Å². The summed E-state index contributed by atoms with van der Waals surface area (Å²) >= 11 is 5.13. The van der Waals surface area contributed by atoms with Crippen LogP contribution in [0.1, 0.15) is 24.1 Å². The van der Waals surface area contributed by atoms with E-state index < -0.39 is 5.91 Å². The third-order valence-electron chi connectivity index (χ3n) is 3.21. The van der Waals surface area contributed by atoms with E-state index >= 15 is 0 Å². The van der Waals surface area contributed by atoms with Crippen molar-refractivity contribution in [2.75, 3.05) is 11.9 Å². The predicted molar refractivity (Wildman–Crippen MR) is 99.3 cm³/mol. The Hall–Kier alpha value is -1.86. The van der Waals surface area contributed by atoms with E-state index in [2.05, 4.69) is 27.3 Å². The fourth-order valence-electron chi connectivity index (χ4n) is 2.04. The maximum absolute atomic E-state index is 11.9. The third kappa shape index (κ3) is 6.72. The number of thiophene rings is 1. The summed E-state index contributed by atoms with van der Waals surface area (Å²) in [7, 11) is 0. The van der Waals surface area contributed by atoms with E-state index in [1.165, 1.54) is 4.88 Å². The number of nitrogens with two attached hydrogens (primary N) is 1. The van der Waals surface area contributed by atoms with Crippen LogP contribution in [0, 0.1) is 0 Å². The van der Waals surface area contributed by atoms with Crippen LogP contribution in [0.3, 0.4) is 0 Å². The molecule has 0 atom stereocenters. The molecule has 3 N–H and O–H groups in total. The topological polar surface area (TPSA) is 81.4 Å². The number of primary amides is 1. The highest BCUT2D eigenvalue weighted by atomic mass is 79.9. The van der Waals surface area contributed by atoms with Crippen LogP contribution in [0.2, 0.25) is 0 Å². The minimum absolute atomic E-state index is 0.00646. The van der Waals surface area contributed by atoms with Crippen molar-refractivity contribution in [2.45, 2.75) is 25.7 Å². The lowest BCUT2D eigenvalue weighted by Gasteiger charge is -2.07. The van der Waals surface area contributed by atoms with Crippen LogP contribution in [-0.4, -0.2) is 18.4 Å². The van der Waals surface area contributed by atoms with Gasteiger partial charge in [0, 0.05) is 17.0 Å². The lowest BCUT2D eigenvalue weighted by Crippen LogP contribution is -2.14. The van der Waals surface area contributed by atoms with Gasteiger partial charge in [0.15, 0.2) is 0 Å². The number of aryl methyl sites for hydroxylation is 1. The molecular weight excluding hydrogens is 392 g/mol. The third-order valence-corrected chi connectivity index (χ3v) is 4.89. The van der Waals surface area contributed by atoms with Crippen LogP contribution >= 0.6 is 27.3 Å². The molecule has 2 aromatic rings. The first-order chi connectivity index (χ1) is 11.5. The highest BCUT2D eigenvalue weighted by Crippen LogP contribution is 2.23. The van der Waals surface area contributed by atoms with Gasteiger partial charge >= 0.3 is 0 Å². The number of carbonyl (C=O) groups is 2. The quantitative estimate of drug-likeness (QED) is 0.660. The molecule has 1 heterocycles. The number of anilines is 1. The Labute approximate surface area is 153 Å². The Kier molecular flexibility index (Phi) is 7.27. The smallest absolute Gasteiger partial charge is 0.224 e. The van der Waals surface area contributed by atoms with Crippen molar-refractivity contribution in [1.82, 2.24) is 0 Å². The molecule has 7 heteroatoms. The SMILES string of the molecule is NC(=O)CCOc1ccc(NC(=O)CCCc2ccc(Br)s2)cc1. The van der Waals surface area contributed by atoms with Gasteiger partial charge in [-0.15, -0.1) is 11.3 Å². The zero-order chi connectivity index (χ0) is 17.4. The summed E-state index contributed by atoms with van der Waals surface area (Å²) in [6.07, 6.45) is 2.37. The Morgan fingerprint density at radius 2 is 1.88 bits per heavy atom. The molecule has 0 saturated heterocycles. The van der Waals surface area contributed by atoms with E-state index in [4.69, 9.17) is 10.5 Å². The first kappa shape index (κ1) is 18.5. The number of nitrogens with one attached hydrogen (secondary N) is 1. The normalized spacial score (nSPS) is 10.4. The number of amides is 2. The second-order valence-electron chi connectivity index (χ2n) is 5.20. The number of rotatable bonds is 9. The molecule has 0 unspecified atom stereocenters. The minimum Gasteiger partial charge on any atom is -0.493 e. The summed E-state index contributed by atoms with van der Waals surface area (Å²) in [4.78, 5) is 23.8. The van der Waals surface area contributed by atoms with Gasteiger partial charge < -0.3 is 15.8 Å². The standard InChI is InChI=1S/C17H19BrN2O3S/c18-15-9-8-14(24-15)2-1-3-17(22)20-12-4-6-13(7-5-12)23-11-10-16(19)21/h4-9H,1-3,10-11H2,(H2,19,21)(H,20,22). The van der Waals surface area contributed by atoms with Crippen molar-refractivity contribution in [3.05, 3.63) is 45.1 Å². The van der Waals surface area contributed by atoms with Gasteiger partial charge in [0.05, 0.1) is 16.8 Å². The summed E-state index contributed by atoms with van der Waals surface area (Å²) in [5, 5.41) is 2.86. The van der Waals surface area contributed by atoms with Crippen molar-refractivity contribution in [3.8, 4) is 5.75 Å². The van der Waals surface area contributed by atoms with E-state index in [0.717, 1.165) is 22.3 Å². The molecule has 0 aliphatic rings. The summed E-state index contributed by atoms with van der Waals surface area (Å²) in [6.45, 7) is 0.250. The monoisotopic (exact) mass is 410 g/mol. The van der Waals surface area contributed by atoms with Gasteiger partial charge in [-0.05, 0) is 65.2 Å². The van der Waals surface area contributed by atoms with Gasteiger partial charge in [0.1, 0.15) is 5.75 Å². The zero-order valence-electron chi connectivity index (χ0n) is 13.1. The lowest BCUT2D eigenvalue weighted by atomic mass is 10.2. The molecule has 2 amide bonds.